The maximum Gasteiger partial charge on any atom is 0.241 e. The molecule has 2 aliphatic rings. The SMILES string of the molecule is CC(C)[C@@H]1NC2(CCCC2)N(C)C1=O. The van der Waals surface area contributed by atoms with E-state index in [4.69, 9.17) is 0 Å². The summed E-state index contributed by atoms with van der Waals surface area (Å²) in [6, 6.07) is 0.0399. The van der Waals surface area contributed by atoms with E-state index in [1.807, 2.05) is 11.9 Å². The third kappa shape index (κ3) is 1.26. The molecule has 1 aliphatic carbocycles. The summed E-state index contributed by atoms with van der Waals surface area (Å²) in [6.45, 7) is 4.22. The maximum absolute atomic E-state index is 12.0. The normalized spacial score (nSPS) is 31.0. The Kier molecular flexibility index (Phi) is 2.30. The summed E-state index contributed by atoms with van der Waals surface area (Å²) < 4.78 is 0. The minimum atomic E-state index is 0.00597. The quantitative estimate of drug-likeness (QED) is 0.686. The van der Waals surface area contributed by atoms with E-state index in [2.05, 4.69) is 19.2 Å². The lowest BCUT2D eigenvalue weighted by Crippen LogP contribution is -2.49. The number of rotatable bonds is 1. The smallest absolute Gasteiger partial charge is 0.241 e. The molecule has 0 aromatic carbocycles. The number of carbonyl (C=O) groups excluding carboxylic acids is 1. The molecule has 1 saturated carbocycles. The first-order valence-corrected chi connectivity index (χ1v) is 5.62. The van der Waals surface area contributed by atoms with Gasteiger partial charge in [-0.25, -0.2) is 0 Å². The van der Waals surface area contributed by atoms with Gasteiger partial charge in [-0.3, -0.25) is 10.1 Å². The maximum atomic E-state index is 12.0. The highest BCUT2D eigenvalue weighted by Crippen LogP contribution is 2.37. The molecule has 3 heteroatoms. The Morgan fingerprint density at radius 3 is 2.43 bits per heavy atom. The molecule has 0 radical (unpaired) electrons. The summed E-state index contributed by atoms with van der Waals surface area (Å²) in [7, 11) is 1.95. The topological polar surface area (TPSA) is 32.3 Å². The number of carbonyl (C=O) groups is 1. The number of likely N-dealkylation sites (N-methyl/N-ethyl adjacent to an activating group) is 1. The fourth-order valence-corrected chi connectivity index (χ4v) is 2.76. The van der Waals surface area contributed by atoms with E-state index in [0.717, 1.165) is 12.8 Å². The Morgan fingerprint density at radius 2 is 2.00 bits per heavy atom. The van der Waals surface area contributed by atoms with Gasteiger partial charge in [-0.1, -0.05) is 13.8 Å². The molecule has 0 bridgehead atoms. The van der Waals surface area contributed by atoms with Crippen molar-refractivity contribution >= 4 is 5.91 Å². The summed E-state index contributed by atoms with van der Waals surface area (Å²) in [5, 5.41) is 3.54. The molecule has 1 saturated heterocycles. The first-order chi connectivity index (χ1) is 6.57. The average Bonchev–Trinajstić information content (AvgIpc) is 2.68. The van der Waals surface area contributed by atoms with Gasteiger partial charge in [0.2, 0.25) is 5.91 Å². The van der Waals surface area contributed by atoms with E-state index < -0.39 is 0 Å². The minimum Gasteiger partial charge on any atom is -0.326 e. The van der Waals surface area contributed by atoms with Gasteiger partial charge in [-0.15, -0.1) is 0 Å². The first kappa shape index (κ1) is 9.97. The molecule has 2 rings (SSSR count). The van der Waals surface area contributed by atoms with Gasteiger partial charge in [0.15, 0.2) is 0 Å². The number of nitrogens with zero attached hydrogens (tertiary/aromatic N) is 1. The van der Waals surface area contributed by atoms with Gasteiger partial charge in [0.05, 0.1) is 11.7 Å². The summed E-state index contributed by atoms with van der Waals surface area (Å²) in [6.07, 6.45) is 4.74. The Hall–Kier alpha value is -0.570. The first-order valence-electron chi connectivity index (χ1n) is 5.62. The van der Waals surface area contributed by atoms with Crippen molar-refractivity contribution in [3.63, 3.8) is 0 Å². The van der Waals surface area contributed by atoms with Crippen LogP contribution in [0.4, 0.5) is 0 Å². The van der Waals surface area contributed by atoms with Crippen molar-refractivity contribution in [1.29, 1.82) is 0 Å². The third-order valence-electron chi connectivity index (χ3n) is 3.76. The fraction of sp³-hybridized carbons (Fsp3) is 0.909. The van der Waals surface area contributed by atoms with Crippen LogP contribution in [-0.2, 0) is 4.79 Å². The van der Waals surface area contributed by atoms with Crippen LogP contribution in [0, 0.1) is 5.92 Å². The second kappa shape index (κ2) is 3.23. The van der Waals surface area contributed by atoms with Crippen LogP contribution in [0.1, 0.15) is 39.5 Å². The van der Waals surface area contributed by atoms with Gasteiger partial charge < -0.3 is 4.90 Å². The molecule has 2 fully saturated rings. The van der Waals surface area contributed by atoms with E-state index in [1.54, 1.807) is 0 Å². The second-order valence-electron chi connectivity index (χ2n) is 5.00. The predicted octanol–water partition coefficient (Wildman–Crippen LogP) is 1.34. The van der Waals surface area contributed by atoms with Crippen LogP contribution in [0.15, 0.2) is 0 Å². The molecule has 0 unspecified atom stereocenters. The van der Waals surface area contributed by atoms with Gasteiger partial charge in [0.1, 0.15) is 0 Å². The molecule has 1 aliphatic heterocycles. The van der Waals surface area contributed by atoms with Gasteiger partial charge >= 0.3 is 0 Å². The van der Waals surface area contributed by atoms with Crippen molar-refractivity contribution in [1.82, 2.24) is 10.2 Å². The van der Waals surface area contributed by atoms with Crippen molar-refractivity contribution in [2.45, 2.75) is 51.2 Å². The zero-order valence-corrected chi connectivity index (χ0v) is 9.34. The van der Waals surface area contributed by atoms with Crippen molar-refractivity contribution in [3.8, 4) is 0 Å². The number of hydrogen-bond acceptors (Lipinski definition) is 2. The van der Waals surface area contributed by atoms with Crippen LogP contribution in [0.3, 0.4) is 0 Å². The highest BCUT2D eigenvalue weighted by molar-refractivity contribution is 5.85. The van der Waals surface area contributed by atoms with Gasteiger partial charge in [-0.05, 0) is 31.6 Å². The zero-order valence-electron chi connectivity index (χ0n) is 9.34. The standard InChI is InChI=1S/C11H20N2O/c1-8(2)9-10(14)13(3)11(12-9)6-4-5-7-11/h8-9,12H,4-7H2,1-3H3/t9-/m0/s1. The van der Waals surface area contributed by atoms with Gasteiger partial charge in [0, 0.05) is 7.05 Å². The Morgan fingerprint density at radius 1 is 1.43 bits per heavy atom. The van der Waals surface area contributed by atoms with Crippen molar-refractivity contribution in [3.05, 3.63) is 0 Å². The summed E-state index contributed by atoms with van der Waals surface area (Å²) >= 11 is 0. The highest BCUT2D eigenvalue weighted by atomic mass is 16.2. The minimum absolute atomic E-state index is 0.00597. The van der Waals surface area contributed by atoms with E-state index in [-0.39, 0.29) is 17.6 Å². The lowest BCUT2D eigenvalue weighted by atomic mass is 10.0. The molecule has 1 spiro atoms. The van der Waals surface area contributed by atoms with Crippen molar-refractivity contribution in [2.24, 2.45) is 5.92 Å². The summed E-state index contributed by atoms with van der Waals surface area (Å²) in [5.41, 5.74) is 0.00597. The molecule has 80 valence electrons. The van der Waals surface area contributed by atoms with Gasteiger partial charge in [-0.2, -0.15) is 0 Å². The molecule has 1 atom stereocenters. The summed E-state index contributed by atoms with van der Waals surface area (Å²) in [5.74, 6) is 0.673. The molecule has 3 nitrogen and oxygen atoms in total. The van der Waals surface area contributed by atoms with Crippen LogP contribution in [0.2, 0.25) is 0 Å². The lowest BCUT2D eigenvalue weighted by Gasteiger charge is -2.31. The Labute approximate surface area is 85.8 Å². The van der Waals surface area contributed by atoms with E-state index in [9.17, 15) is 4.79 Å². The van der Waals surface area contributed by atoms with Crippen molar-refractivity contribution < 1.29 is 4.79 Å². The monoisotopic (exact) mass is 196 g/mol. The van der Waals surface area contributed by atoms with Crippen molar-refractivity contribution in [2.75, 3.05) is 7.05 Å². The van der Waals surface area contributed by atoms with Gasteiger partial charge in [0.25, 0.3) is 0 Å². The average molecular weight is 196 g/mol. The summed E-state index contributed by atoms with van der Waals surface area (Å²) in [4.78, 5) is 13.9. The molecule has 1 amide bonds. The molecule has 0 aromatic heterocycles. The fourth-order valence-electron chi connectivity index (χ4n) is 2.76. The lowest BCUT2D eigenvalue weighted by molar-refractivity contribution is -0.131. The van der Waals surface area contributed by atoms with Crippen LogP contribution < -0.4 is 5.32 Å². The Balaban J connectivity index is 2.20. The van der Waals surface area contributed by atoms with Crippen LogP contribution in [0.25, 0.3) is 0 Å². The third-order valence-corrected chi connectivity index (χ3v) is 3.76. The van der Waals surface area contributed by atoms with Crippen LogP contribution >= 0.6 is 0 Å². The molecule has 1 N–H and O–H groups in total. The van der Waals surface area contributed by atoms with E-state index in [1.165, 1.54) is 12.8 Å². The zero-order chi connectivity index (χ0) is 10.3. The number of hydrogen-bond donors (Lipinski definition) is 1. The molecule has 0 aromatic rings. The van der Waals surface area contributed by atoms with Crippen LogP contribution in [0.5, 0.6) is 0 Å². The number of amides is 1. The molecule has 14 heavy (non-hydrogen) atoms. The molecular weight excluding hydrogens is 176 g/mol. The predicted molar refractivity (Wildman–Crippen MR) is 55.7 cm³/mol. The largest absolute Gasteiger partial charge is 0.326 e. The highest BCUT2D eigenvalue weighted by Gasteiger charge is 2.50. The number of nitrogens with one attached hydrogen (secondary N) is 1. The molecule has 1 heterocycles. The van der Waals surface area contributed by atoms with Crippen LogP contribution in [-0.4, -0.2) is 29.6 Å². The Bertz CT molecular complexity index is 240. The molecular formula is C11H20N2O. The second-order valence-corrected chi connectivity index (χ2v) is 5.00. The van der Waals surface area contributed by atoms with E-state index in [0.29, 0.717) is 5.92 Å². The van der Waals surface area contributed by atoms with E-state index >= 15 is 0 Å².